The van der Waals surface area contributed by atoms with Crippen LogP contribution in [0.25, 0.3) is 11.3 Å². The van der Waals surface area contributed by atoms with Gasteiger partial charge in [0.2, 0.25) is 0 Å². The number of nitrogens with zero attached hydrogens (tertiary/aromatic N) is 2. The molecule has 0 amide bonds. The summed E-state index contributed by atoms with van der Waals surface area (Å²) in [6.07, 6.45) is 0. The van der Waals surface area contributed by atoms with E-state index in [-0.39, 0.29) is 0 Å². The van der Waals surface area contributed by atoms with E-state index < -0.39 is 0 Å². The van der Waals surface area contributed by atoms with Gasteiger partial charge in [-0.25, -0.2) is 0 Å². The first-order valence-electron chi connectivity index (χ1n) is 5.36. The average Bonchev–Trinajstić information content (AvgIpc) is 2.26. The maximum absolute atomic E-state index is 5.73. The molecule has 0 aromatic carbocycles. The van der Waals surface area contributed by atoms with Gasteiger partial charge in [0, 0.05) is 19.0 Å². The summed E-state index contributed by atoms with van der Waals surface area (Å²) in [5.74, 6) is 0. The minimum Gasteiger partial charge on any atom is -0.270 e. The molecule has 5 radical (unpaired) electrons. The van der Waals surface area contributed by atoms with Crippen LogP contribution < -0.4 is 11.2 Å². The lowest BCUT2D eigenvalue weighted by molar-refractivity contribution is 1.23. The summed E-state index contributed by atoms with van der Waals surface area (Å²) in [5.41, 5.74) is 5.07. The van der Waals surface area contributed by atoms with Crippen molar-refractivity contribution in [3.8, 4) is 11.3 Å². The Morgan fingerprint density at radius 2 is 1.82 bits per heavy atom. The van der Waals surface area contributed by atoms with Gasteiger partial charge in [-0.15, -0.1) is 0 Å². The van der Waals surface area contributed by atoms with Gasteiger partial charge in [0.15, 0.2) is 0 Å². The molecule has 77 valence electrons. The minimum absolute atomic E-state index is 0.501. The third-order valence-electron chi connectivity index (χ3n) is 2.43. The second kappa shape index (κ2) is 4.78. The molecule has 0 saturated heterocycles. The molecule has 0 N–H and O–H groups in total. The number of hydrogen-bond acceptors (Lipinski definition) is 2. The van der Waals surface area contributed by atoms with Crippen LogP contribution in [0.15, 0.2) is 24.3 Å². The highest BCUT2D eigenvalue weighted by Gasteiger charge is 2.04. The molecule has 0 aliphatic heterocycles. The van der Waals surface area contributed by atoms with Crippen molar-refractivity contribution in [3.05, 3.63) is 35.5 Å². The minimum atomic E-state index is 0.501. The van der Waals surface area contributed by atoms with Crippen LogP contribution in [0.3, 0.4) is 0 Å². The van der Waals surface area contributed by atoms with E-state index >= 15 is 0 Å². The third-order valence-corrected chi connectivity index (χ3v) is 2.43. The standard InChI is InChI=1S/C12H10B3N2/c1-7-3-10(17-12(4-7)15-14)9-5-8(2)16-11(13)6-9/h3-6H,1-2H3. The van der Waals surface area contributed by atoms with E-state index in [1.807, 2.05) is 38.1 Å². The van der Waals surface area contributed by atoms with Crippen LogP contribution in [0.4, 0.5) is 0 Å². The molecule has 0 atom stereocenters. The summed E-state index contributed by atoms with van der Waals surface area (Å²) in [6, 6.07) is 7.70. The number of aromatic nitrogens is 2. The van der Waals surface area contributed by atoms with Crippen molar-refractivity contribution < 1.29 is 0 Å². The smallest absolute Gasteiger partial charge is 0.141 e. The first kappa shape index (κ1) is 12.0. The fourth-order valence-corrected chi connectivity index (χ4v) is 1.77. The van der Waals surface area contributed by atoms with Crippen LogP contribution in [0, 0.1) is 13.8 Å². The largest absolute Gasteiger partial charge is 0.270 e. The van der Waals surface area contributed by atoms with Gasteiger partial charge in [-0.05, 0) is 54.9 Å². The molecule has 17 heavy (non-hydrogen) atoms. The Bertz CT molecular complexity index is 535. The maximum atomic E-state index is 5.73. The number of hydrogen-bond donors (Lipinski definition) is 0. The lowest BCUT2D eigenvalue weighted by Gasteiger charge is -2.07. The van der Waals surface area contributed by atoms with Crippen molar-refractivity contribution >= 4 is 33.9 Å². The lowest BCUT2D eigenvalue weighted by Crippen LogP contribution is -2.19. The zero-order chi connectivity index (χ0) is 12.4. The van der Waals surface area contributed by atoms with Crippen LogP contribution >= 0.6 is 0 Å². The molecule has 2 heterocycles. The highest BCUT2D eigenvalue weighted by atomic mass is 14.7. The van der Waals surface area contributed by atoms with Crippen LogP contribution in [-0.2, 0) is 0 Å². The van der Waals surface area contributed by atoms with Crippen molar-refractivity contribution in [3.63, 3.8) is 0 Å². The summed E-state index contributed by atoms with van der Waals surface area (Å²) >= 11 is 0. The summed E-state index contributed by atoms with van der Waals surface area (Å²) in [7, 11) is 12.7. The number of rotatable bonds is 2. The third kappa shape index (κ3) is 2.79. The summed E-state index contributed by atoms with van der Waals surface area (Å²) < 4.78 is 0. The van der Waals surface area contributed by atoms with E-state index in [0.29, 0.717) is 5.59 Å². The van der Waals surface area contributed by atoms with Gasteiger partial charge in [0.25, 0.3) is 0 Å². The number of pyridine rings is 2. The number of aryl methyl sites for hydroxylation is 2. The predicted molar refractivity (Wildman–Crippen MR) is 73.5 cm³/mol. The van der Waals surface area contributed by atoms with Gasteiger partial charge in [-0.3, -0.25) is 9.97 Å². The molecule has 0 bridgehead atoms. The van der Waals surface area contributed by atoms with E-state index in [1.165, 1.54) is 7.17 Å². The lowest BCUT2D eigenvalue weighted by atomic mass is 9.53. The summed E-state index contributed by atoms with van der Waals surface area (Å²) in [6.45, 7) is 3.92. The molecule has 2 nitrogen and oxygen atoms in total. The van der Waals surface area contributed by atoms with Crippen molar-refractivity contribution in [1.82, 2.24) is 9.97 Å². The average molecular weight is 215 g/mol. The zero-order valence-corrected chi connectivity index (χ0v) is 9.94. The Kier molecular flexibility index (Phi) is 3.37. The Labute approximate surface area is 105 Å². The van der Waals surface area contributed by atoms with E-state index in [0.717, 1.165) is 28.1 Å². The molecule has 2 rings (SSSR count). The van der Waals surface area contributed by atoms with Crippen LogP contribution in [0.2, 0.25) is 0 Å². The Hall–Kier alpha value is -1.51. The molecule has 0 fully saturated rings. The van der Waals surface area contributed by atoms with Crippen molar-refractivity contribution in [1.29, 1.82) is 0 Å². The second-order valence-corrected chi connectivity index (χ2v) is 4.04. The maximum Gasteiger partial charge on any atom is 0.141 e. The van der Waals surface area contributed by atoms with Crippen molar-refractivity contribution in [2.45, 2.75) is 13.8 Å². The summed E-state index contributed by atoms with van der Waals surface area (Å²) in [5, 5.41) is 0. The predicted octanol–water partition coefficient (Wildman–Crippen LogP) is -0.0328. The molecule has 0 spiro atoms. The van der Waals surface area contributed by atoms with Crippen molar-refractivity contribution in [2.24, 2.45) is 0 Å². The Morgan fingerprint density at radius 1 is 1.06 bits per heavy atom. The molecule has 0 aliphatic carbocycles. The van der Waals surface area contributed by atoms with Gasteiger partial charge in [0.05, 0.1) is 5.69 Å². The van der Waals surface area contributed by atoms with Crippen molar-refractivity contribution in [2.75, 3.05) is 0 Å². The monoisotopic (exact) mass is 215 g/mol. The molecule has 0 unspecified atom stereocenters. The van der Waals surface area contributed by atoms with E-state index in [2.05, 4.69) is 9.97 Å². The Morgan fingerprint density at radius 3 is 2.47 bits per heavy atom. The first-order chi connectivity index (χ1) is 8.08. The molecule has 2 aromatic rings. The molecule has 2 aromatic heterocycles. The molecule has 0 aliphatic rings. The van der Waals surface area contributed by atoms with E-state index in [1.54, 1.807) is 0 Å². The van der Waals surface area contributed by atoms with E-state index in [9.17, 15) is 0 Å². The fourth-order valence-electron chi connectivity index (χ4n) is 1.77. The fraction of sp³-hybridized carbons (Fsp3) is 0.167. The summed E-state index contributed by atoms with van der Waals surface area (Å²) in [4.78, 5) is 8.58. The zero-order valence-electron chi connectivity index (χ0n) is 9.94. The highest BCUT2D eigenvalue weighted by molar-refractivity contribution is 6.97. The second-order valence-electron chi connectivity index (χ2n) is 4.04. The molecule has 5 heteroatoms. The first-order valence-corrected chi connectivity index (χ1v) is 5.36. The molecular weight excluding hydrogens is 205 g/mol. The quantitative estimate of drug-likeness (QED) is 0.657. The van der Waals surface area contributed by atoms with Gasteiger partial charge < -0.3 is 0 Å². The highest BCUT2D eigenvalue weighted by Crippen LogP contribution is 2.16. The van der Waals surface area contributed by atoms with Crippen LogP contribution in [-0.4, -0.2) is 32.7 Å². The normalized spacial score (nSPS) is 10.2. The van der Waals surface area contributed by atoms with Gasteiger partial charge in [-0.2, -0.15) is 0 Å². The topological polar surface area (TPSA) is 25.8 Å². The SMILES string of the molecule is [B][B]c1cc(C)cc(-c2cc([B])nc(C)c2)n1. The molecule has 0 saturated carbocycles. The van der Waals surface area contributed by atoms with Crippen LogP contribution in [0.5, 0.6) is 0 Å². The molecular formula is C12H10B3N2. The van der Waals surface area contributed by atoms with Gasteiger partial charge >= 0.3 is 0 Å². The van der Waals surface area contributed by atoms with Gasteiger partial charge in [-0.1, -0.05) is 0 Å². The Balaban J connectivity index is 2.55. The van der Waals surface area contributed by atoms with Gasteiger partial charge in [0.1, 0.15) is 15.0 Å². The van der Waals surface area contributed by atoms with Crippen LogP contribution in [0.1, 0.15) is 11.3 Å². The van der Waals surface area contributed by atoms with E-state index in [4.69, 9.17) is 15.6 Å².